The average molecular weight is 294 g/mol. The van der Waals surface area contributed by atoms with Crippen molar-refractivity contribution in [3.05, 3.63) is 0 Å². The van der Waals surface area contributed by atoms with Crippen molar-refractivity contribution in [1.82, 2.24) is 10.6 Å². The lowest BCUT2D eigenvalue weighted by Gasteiger charge is -2.28. The summed E-state index contributed by atoms with van der Waals surface area (Å²) in [6, 6.07) is 1.24. The molecule has 2 heterocycles. The molecule has 5 heteroatoms. The van der Waals surface area contributed by atoms with E-state index < -0.39 is 5.97 Å². The van der Waals surface area contributed by atoms with E-state index in [-0.39, 0.29) is 17.7 Å². The van der Waals surface area contributed by atoms with Crippen LogP contribution in [0.25, 0.3) is 0 Å². The molecule has 3 N–H and O–H groups in total. The van der Waals surface area contributed by atoms with E-state index in [9.17, 15) is 9.59 Å². The van der Waals surface area contributed by atoms with Crippen molar-refractivity contribution in [2.45, 2.75) is 63.5 Å². The van der Waals surface area contributed by atoms with Crippen molar-refractivity contribution in [2.75, 3.05) is 6.54 Å². The van der Waals surface area contributed by atoms with Crippen LogP contribution in [0.3, 0.4) is 0 Å². The van der Waals surface area contributed by atoms with Crippen LogP contribution in [0.4, 0.5) is 0 Å². The first-order valence-electron chi connectivity index (χ1n) is 8.37. The maximum Gasteiger partial charge on any atom is 0.306 e. The average Bonchev–Trinajstić information content (AvgIpc) is 3.03. The van der Waals surface area contributed by atoms with Crippen LogP contribution in [-0.2, 0) is 9.59 Å². The highest BCUT2D eigenvalue weighted by Gasteiger charge is 2.35. The molecule has 4 unspecified atom stereocenters. The molecule has 5 nitrogen and oxygen atoms in total. The van der Waals surface area contributed by atoms with E-state index in [1.807, 2.05) is 0 Å². The second-order valence-corrected chi connectivity index (χ2v) is 7.12. The summed E-state index contributed by atoms with van der Waals surface area (Å²) >= 11 is 0. The molecule has 3 rings (SSSR count). The molecule has 0 radical (unpaired) electrons. The van der Waals surface area contributed by atoms with E-state index in [1.165, 1.54) is 12.8 Å². The van der Waals surface area contributed by atoms with E-state index in [4.69, 9.17) is 5.11 Å². The summed E-state index contributed by atoms with van der Waals surface area (Å²) in [6.07, 6.45) is 8.00. The number of amides is 1. The first kappa shape index (κ1) is 14.8. The number of piperidine rings is 1. The van der Waals surface area contributed by atoms with Gasteiger partial charge in [-0.05, 0) is 50.4 Å². The monoisotopic (exact) mass is 294 g/mol. The van der Waals surface area contributed by atoms with E-state index in [0.717, 1.165) is 32.1 Å². The molecule has 4 atom stereocenters. The van der Waals surface area contributed by atoms with Crippen LogP contribution in [0.5, 0.6) is 0 Å². The van der Waals surface area contributed by atoms with Gasteiger partial charge < -0.3 is 15.7 Å². The quantitative estimate of drug-likeness (QED) is 0.718. The molecule has 2 saturated heterocycles. The first-order valence-corrected chi connectivity index (χ1v) is 8.37. The number of fused-ring (bicyclic) bond motifs is 2. The summed E-state index contributed by atoms with van der Waals surface area (Å²) in [7, 11) is 0. The van der Waals surface area contributed by atoms with Gasteiger partial charge in [0.2, 0.25) is 5.91 Å². The van der Waals surface area contributed by atoms with Gasteiger partial charge in [0, 0.05) is 25.0 Å². The van der Waals surface area contributed by atoms with Gasteiger partial charge in [-0.15, -0.1) is 0 Å². The number of hydrogen-bond donors (Lipinski definition) is 3. The molecule has 0 spiro atoms. The third kappa shape index (κ3) is 3.57. The van der Waals surface area contributed by atoms with Crippen molar-refractivity contribution >= 4 is 11.9 Å². The highest BCUT2D eigenvalue weighted by atomic mass is 16.4. The molecule has 1 amide bonds. The second kappa shape index (κ2) is 6.34. The number of carbonyl (C=O) groups excluding carboxylic acids is 1. The highest BCUT2D eigenvalue weighted by Crippen LogP contribution is 2.33. The molecule has 0 aromatic carbocycles. The lowest BCUT2D eigenvalue weighted by molar-refractivity contribution is -0.143. The smallest absolute Gasteiger partial charge is 0.306 e. The lowest BCUT2D eigenvalue weighted by atomic mass is 9.89. The van der Waals surface area contributed by atoms with Gasteiger partial charge in [-0.25, -0.2) is 0 Å². The minimum absolute atomic E-state index is 0.109. The zero-order valence-electron chi connectivity index (χ0n) is 12.5. The van der Waals surface area contributed by atoms with Gasteiger partial charge in [-0.2, -0.15) is 0 Å². The fourth-order valence-electron chi connectivity index (χ4n) is 4.53. The molecule has 3 aliphatic rings. The minimum Gasteiger partial charge on any atom is -0.481 e. The van der Waals surface area contributed by atoms with E-state index >= 15 is 0 Å². The van der Waals surface area contributed by atoms with Crippen molar-refractivity contribution < 1.29 is 14.7 Å². The van der Waals surface area contributed by atoms with Gasteiger partial charge in [0.1, 0.15) is 0 Å². The number of aliphatic carboxylic acids is 1. The maximum absolute atomic E-state index is 12.1. The largest absolute Gasteiger partial charge is 0.481 e. The van der Waals surface area contributed by atoms with Gasteiger partial charge in [0.25, 0.3) is 0 Å². The molecule has 118 valence electrons. The predicted molar refractivity (Wildman–Crippen MR) is 78.8 cm³/mol. The topological polar surface area (TPSA) is 78.4 Å². The number of carbonyl (C=O) groups is 2. The lowest BCUT2D eigenvalue weighted by Crippen LogP contribution is -2.40. The molecule has 2 bridgehead atoms. The predicted octanol–water partition coefficient (Wildman–Crippen LogP) is 1.52. The summed E-state index contributed by atoms with van der Waals surface area (Å²) in [4.78, 5) is 23.2. The third-order valence-electron chi connectivity index (χ3n) is 5.58. The van der Waals surface area contributed by atoms with E-state index in [2.05, 4.69) is 10.6 Å². The van der Waals surface area contributed by atoms with Crippen molar-refractivity contribution in [2.24, 2.45) is 17.8 Å². The Morgan fingerprint density at radius 3 is 2.48 bits per heavy atom. The fraction of sp³-hybridized carbons (Fsp3) is 0.875. The normalized spacial score (nSPS) is 38.4. The number of nitrogens with one attached hydrogen (secondary N) is 2. The minimum atomic E-state index is -0.707. The molecular formula is C16H26N2O3. The molecule has 21 heavy (non-hydrogen) atoms. The van der Waals surface area contributed by atoms with Gasteiger partial charge in [-0.3, -0.25) is 9.59 Å². The fourth-order valence-corrected chi connectivity index (χ4v) is 4.53. The van der Waals surface area contributed by atoms with Gasteiger partial charge in [-0.1, -0.05) is 6.42 Å². The number of carboxylic acids is 1. The first-order chi connectivity index (χ1) is 10.1. The molecule has 2 aliphatic heterocycles. The molecule has 3 fully saturated rings. The summed E-state index contributed by atoms with van der Waals surface area (Å²) in [6.45, 7) is 0.535. The van der Waals surface area contributed by atoms with Crippen molar-refractivity contribution in [1.29, 1.82) is 0 Å². The Balaban J connectivity index is 1.41. The number of carboxylic acid groups (broad SMARTS) is 1. The Kier molecular flexibility index (Phi) is 4.48. The molecule has 1 saturated carbocycles. The molecule has 0 aromatic rings. The van der Waals surface area contributed by atoms with E-state index in [0.29, 0.717) is 31.0 Å². The second-order valence-electron chi connectivity index (χ2n) is 7.12. The Bertz CT molecular complexity index is 400. The Morgan fingerprint density at radius 1 is 1.10 bits per heavy atom. The summed E-state index contributed by atoms with van der Waals surface area (Å²) in [5.41, 5.74) is 0. The Morgan fingerprint density at radius 2 is 1.81 bits per heavy atom. The number of hydrogen-bond acceptors (Lipinski definition) is 3. The van der Waals surface area contributed by atoms with Crippen molar-refractivity contribution in [3.63, 3.8) is 0 Å². The maximum atomic E-state index is 12.1. The van der Waals surface area contributed by atoms with Crippen LogP contribution in [0.15, 0.2) is 0 Å². The highest BCUT2D eigenvalue weighted by molar-refractivity contribution is 5.76. The van der Waals surface area contributed by atoms with Crippen molar-refractivity contribution in [3.8, 4) is 0 Å². The third-order valence-corrected chi connectivity index (χ3v) is 5.58. The van der Waals surface area contributed by atoms with Crippen LogP contribution in [0.1, 0.15) is 51.4 Å². The summed E-state index contributed by atoms with van der Waals surface area (Å²) in [5, 5.41) is 15.7. The van der Waals surface area contributed by atoms with Gasteiger partial charge in [0.15, 0.2) is 0 Å². The zero-order valence-corrected chi connectivity index (χ0v) is 12.5. The van der Waals surface area contributed by atoms with Crippen LogP contribution in [-0.4, -0.2) is 35.6 Å². The van der Waals surface area contributed by atoms with Gasteiger partial charge in [0.05, 0.1) is 5.92 Å². The van der Waals surface area contributed by atoms with Crippen LogP contribution < -0.4 is 10.6 Å². The van der Waals surface area contributed by atoms with E-state index in [1.54, 1.807) is 0 Å². The standard InChI is InChI=1S/C16H26N2O3/c19-15(8-10-6-12-4-5-13(7-10)18-12)17-9-11-2-1-3-14(11)16(20)21/h10-14,18H,1-9H2,(H,17,19)(H,20,21). The summed E-state index contributed by atoms with van der Waals surface area (Å²) < 4.78 is 0. The molecule has 0 aromatic heterocycles. The molecular weight excluding hydrogens is 268 g/mol. The van der Waals surface area contributed by atoms with Gasteiger partial charge >= 0.3 is 5.97 Å². The van der Waals surface area contributed by atoms with Crippen LogP contribution >= 0.6 is 0 Å². The zero-order chi connectivity index (χ0) is 14.8. The molecule has 1 aliphatic carbocycles. The van der Waals surface area contributed by atoms with Crippen LogP contribution in [0.2, 0.25) is 0 Å². The SMILES string of the molecule is O=C(CC1CC2CCC(C1)N2)NCC1CCCC1C(=O)O. The van der Waals surface area contributed by atoms with Crippen LogP contribution in [0, 0.1) is 17.8 Å². The Labute approximate surface area is 125 Å². The number of rotatable bonds is 5. The summed E-state index contributed by atoms with van der Waals surface area (Å²) in [5.74, 6) is -0.239. The Hall–Kier alpha value is -1.10.